The van der Waals surface area contributed by atoms with Crippen LogP contribution in [0.3, 0.4) is 0 Å². The molecule has 0 aromatic carbocycles. The summed E-state index contributed by atoms with van der Waals surface area (Å²) >= 11 is 0. The van der Waals surface area contributed by atoms with Crippen molar-refractivity contribution in [1.82, 2.24) is 0 Å². The topological polar surface area (TPSA) is 77.8 Å². The summed E-state index contributed by atoms with van der Waals surface area (Å²) in [6.07, 6.45) is 26.1. The Labute approximate surface area is 165 Å². The molecule has 0 fully saturated rings. The van der Waals surface area contributed by atoms with Crippen LogP contribution in [0, 0.1) is 0 Å². The molecule has 0 saturated heterocycles. The van der Waals surface area contributed by atoms with Crippen LogP contribution in [0.25, 0.3) is 0 Å². The third-order valence-corrected chi connectivity index (χ3v) is 4.67. The third kappa shape index (κ3) is 14.5. The van der Waals surface area contributed by atoms with Crippen LogP contribution < -0.4 is 0 Å². The molecule has 4 nitrogen and oxygen atoms in total. The average molecular weight is 381 g/mol. The summed E-state index contributed by atoms with van der Waals surface area (Å²) in [7, 11) is 0. The number of allylic oxidation sites excluding steroid dienone is 5. The molecule has 0 aliphatic carbocycles. The molecule has 0 amide bonds. The lowest BCUT2D eigenvalue weighted by atomic mass is 10.0. The monoisotopic (exact) mass is 380 g/mol. The number of rotatable bonds is 18. The van der Waals surface area contributed by atoms with E-state index in [0.717, 1.165) is 12.5 Å². The quantitative estimate of drug-likeness (QED) is 0.184. The SMILES string of the molecule is CCCCCCCCCCCCCC=CC=CC=CC(=O)C(O)(CO)CO. The summed E-state index contributed by atoms with van der Waals surface area (Å²) in [5, 5.41) is 27.4. The number of unbranched alkanes of at least 4 members (excludes halogenated alkanes) is 11. The predicted octanol–water partition coefficient (Wildman–Crippen LogP) is 4.64. The van der Waals surface area contributed by atoms with Gasteiger partial charge in [0, 0.05) is 0 Å². The van der Waals surface area contributed by atoms with Gasteiger partial charge in [-0.05, 0) is 18.9 Å². The van der Waals surface area contributed by atoms with Crippen molar-refractivity contribution in [2.24, 2.45) is 0 Å². The van der Waals surface area contributed by atoms with Gasteiger partial charge < -0.3 is 15.3 Å². The van der Waals surface area contributed by atoms with Gasteiger partial charge in [-0.15, -0.1) is 0 Å². The maximum absolute atomic E-state index is 11.6. The zero-order chi connectivity index (χ0) is 20.2. The van der Waals surface area contributed by atoms with Gasteiger partial charge in [0.05, 0.1) is 13.2 Å². The minimum Gasteiger partial charge on any atom is -0.393 e. The fraction of sp³-hybridized carbons (Fsp3) is 0.696. The lowest BCUT2D eigenvalue weighted by molar-refractivity contribution is -0.141. The van der Waals surface area contributed by atoms with Crippen LogP contribution in [-0.4, -0.2) is 39.9 Å². The van der Waals surface area contributed by atoms with Crippen molar-refractivity contribution in [1.29, 1.82) is 0 Å². The molecule has 0 rings (SSSR count). The number of aliphatic hydroxyl groups excluding tert-OH is 2. The Morgan fingerprint density at radius 2 is 1.22 bits per heavy atom. The first-order chi connectivity index (χ1) is 13.1. The van der Waals surface area contributed by atoms with Crippen LogP contribution in [0.15, 0.2) is 36.5 Å². The van der Waals surface area contributed by atoms with Crippen LogP contribution in [-0.2, 0) is 4.79 Å². The molecule has 0 spiro atoms. The first-order valence-electron chi connectivity index (χ1n) is 10.6. The van der Waals surface area contributed by atoms with Crippen LogP contribution in [0.4, 0.5) is 0 Å². The summed E-state index contributed by atoms with van der Waals surface area (Å²) in [6, 6.07) is 0. The second-order valence-corrected chi connectivity index (χ2v) is 7.21. The molecular weight excluding hydrogens is 340 g/mol. The highest BCUT2D eigenvalue weighted by molar-refractivity contribution is 5.97. The van der Waals surface area contributed by atoms with Crippen molar-refractivity contribution >= 4 is 5.78 Å². The molecule has 0 aromatic rings. The van der Waals surface area contributed by atoms with Gasteiger partial charge in [-0.3, -0.25) is 4.79 Å². The number of hydrogen-bond acceptors (Lipinski definition) is 4. The molecule has 0 aliphatic rings. The maximum Gasteiger partial charge on any atom is 0.191 e. The van der Waals surface area contributed by atoms with E-state index in [1.807, 2.05) is 12.2 Å². The first kappa shape index (κ1) is 25.8. The van der Waals surface area contributed by atoms with Crippen molar-refractivity contribution < 1.29 is 20.1 Å². The average Bonchev–Trinajstić information content (AvgIpc) is 2.69. The Morgan fingerprint density at radius 3 is 1.74 bits per heavy atom. The molecule has 156 valence electrons. The normalized spacial score (nSPS) is 12.7. The molecule has 3 N–H and O–H groups in total. The Balaban J connectivity index is 3.58. The van der Waals surface area contributed by atoms with Gasteiger partial charge in [-0.2, -0.15) is 0 Å². The van der Waals surface area contributed by atoms with Crippen molar-refractivity contribution in [3.05, 3.63) is 36.5 Å². The Bertz CT molecular complexity index is 434. The highest BCUT2D eigenvalue weighted by Crippen LogP contribution is 2.12. The zero-order valence-electron chi connectivity index (χ0n) is 17.1. The second kappa shape index (κ2) is 18.1. The summed E-state index contributed by atoms with van der Waals surface area (Å²) in [5.74, 6) is -0.706. The van der Waals surface area contributed by atoms with E-state index < -0.39 is 24.6 Å². The van der Waals surface area contributed by atoms with E-state index in [2.05, 4.69) is 13.0 Å². The number of hydrogen-bond donors (Lipinski definition) is 3. The maximum atomic E-state index is 11.6. The van der Waals surface area contributed by atoms with Crippen molar-refractivity contribution in [3.8, 4) is 0 Å². The van der Waals surface area contributed by atoms with Crippen molar-refractivity contribution in [2.75, 3.05) is 13.2 Å². The fourth-order valence-corrected chi connectivity index (χ4v) is 2.73. The molecule has 0 atom stereocenters. The lowest BCUT2D eigenvalue weighted by Crippen LogP contribution is -2.45. The summed E-state index contributed by atoms with van der Waals surface area (Å²) in [4.78, 5) is 11.6. The molecule has 0 radical (unpaired) electrons. The standard InChI is InChI=1S/C23H40O4/c1-2-3-4-5-6-7-8-9-10-11-12-13-14-15-16-17-18-19-22(26)23(27,20-24)21-25/h14-19,24-25,27H,2-13,20-21H2,1H3. The van der Waals surface area contributed by atoms with Crippen LogP contribution in [0.2, 0.25) is 0 Å². The van der Waals surface area contributed by atoms with Gasteiger partial charge in [-0.25, -0.2) is 0 Å². The van der Waals surface area contributed by atoms with E-state index in [-0.39, 0.29) is 0 Å². The molecule has 0 bridgehead atoms. The Hall–Kier alpha value is -1.23. The molecule has 0 aliphatic heterocycles. The molecule has 0 aromatic heterocycles. The minimum atomic E-state index is -2.09. The van der Waals surface area contributed by atoms with Gasteiger partial charge >= 0.3 is 0 Å². The second-order valence-electron chi connectivity index (χ2n) is 7.21. The molecule has 27 heavy (non-hydrogen) atoms. The molecule has 4 heteroatoms. The molecule has 0 heterocycles. The van der Waals surface area contributed by atoms with Gasteiger partial charge in [0.15, 0.2) is 11.4 Å². The molecular formula is C23H40O4. The molecule has 0 saturated carbocycles. The van der Waals surface area contributed by atoms with Crippen LogP contribution in [0.1, 0.15) is 84.0 Å². The highest BCUT2D eigenvalue weighted by atomic mass is 16.4. The van der Waals surface area contributed by atoms with E-state index in [1.54, 1.807) is 6.08 Å². The van der Waals surface area contributed by atoms with E-state index in [0.29, 0.717) is 0 Å². The fourth-order valence-electron chi connectivity index (χ4n) is 2.73. The smallest absolute Gasteiger partial charge is 0.191 e. The van der Waals surface area contributed by atoms with Crippen molar-refractivity contribution in [2.45, 2.75) is 89.6 Å². The minimum absolute atomic E-state index is 0.706. The van der Waals surface area contributed by atoms with Crippen LogP contribution >= 0.6 is 0 Å². The van der Waals surface area contributed by atoms with E-state index in [1.165, 1.54) is 76.7 Å². The van der Waals surface area contributed by atoms with E-state index in [4.69, 9.17) is 10.2 Å². The summed E-state index contributed by atoms with van der Waals surface area (Å²) < 4.78 is 0. The van der Waals surface area contributed by atoms with Gasteiger partial charge in [0.1, 0.15) is 0 Å². The van der Waals surface area contributed by atoms with E-state index >= 15 is 0 Å². The summed E-state index contributed by atoms with van der Waals surface area (Å²) in [5.41, 5.74) is -2.09. The van der Waals surface area contributed by atoms with Crippen molar-refractivity contribution in [3.63, 3.8) is 0 Å². The van der Waals surface area contributed by atoms with Gasteiger partial charge in [0.2, 0.25) is 0 Å². The van der Waals surface area contributed by atoms with Gasteiger partial charge in [0.25, 0.3) is 0 Å². The molecule has 0 unspecified atom stereocenters. The van der Waals surface area contributed by atoms with Gasteiger partial charge in [-0.1, -0.05) is 102 Å². The Morgan fingerprint density at radius 1 is 0.741 bits per heavy atom. The summed E-state index contributed by atoms with van der Waals surface area (Å²) in [6.45, 7) is 0.663. The predicted molar refractivity (Wildman–Crippen MR) is 113 cm³/mol. The third-order valence-electron chi connectivity index (χ3n) is 4.67. The highest BCUT2D eigenvalue weighted by Gasteiger charge is 2.32. The first-order valence-corrected chi connectivity index (χ1v) is 10.6. The largest absolute Gasteiger partial charge is 0.393 e. The lowest BCUT2D eigenvalue weighted by Gasteiger charge is -2.18. The number of aliphatic hydroxyl groups is 3. The number of ketones is 1. The van der Waals surface area contributed by atoms with Crippen LogP contribution in [0.5, 0.6) is 0 Å². The Kier molecular flexibility index (Phi) is 17.3. The zero-order valence-corrected chi connectivity index (χ0v) is 17.1. The number of carbonyl (C=O) groups excluding carboxylic acids is 1. The van der Waals surface area contributed by atoms with E-state index in [9.17, 15) is 9.90 Å². The number of carbonyl (C=O) groups is 1.